The number of nitrogens with zero attached hydrogens (tertiary/aromatic N) is 2. The molecule has 0 fully saturated rings. The number of fused-ring (bicyclic) bond motifs is 1. The van der Waals surface area contributed by atoms with Crippen molar-refractivity contribution in [2.45, 2.75) is 59.5 Å². The second kappa shape index (κ2) is 13.9. The molecule has 0 saturated carbocycles. The van der Waals surface area contributed by atoms with Crippen LogP contribution >= 0.6 is 0 Å². The van der Waals surface area contributed by atoms with Crippen molar-refractivity contribution in [2.24, 2.45) is 7.05 Å². The van der Waals surface area contributed by atoms with Crippen molar-refractivity contribution < 1.29 is 14.6 Å². The topological polar surface area (TPSA) is 64.3 Å². The second-order valence-electron chi connectivity index (χ2n) is 7.96. The van der Waals surface area contributed by atoms with Gasteiger partial charge in [0.05, 0.1) is 16.6 Å². The van der Waals surface area contributed by atoms with E-state index in [1.54, 1.807) is 12.1 Å². The fourth-order valence-corrected chi connectivity index (χ4v) is 3.23. The number of allylic oxidation sites excluding steroid dienone is 4. The van der Waals surface area contributed by atoms with Crippen molar-refractivity contribution >= 4 is 17.0 Å². The van der Waals surface area contributed by atoms with Gasteiger partial charge in [0.2, 0.25) is 0 Å². The highest BCUT2D eigenvalue weighted by atomic mass is 16.5. The number of aromatic nitrogens is 2. The molecule has 0 amide bonds. The lowest BCUT2D eigenvalue weighted by molar-refractivity contribution is 0.0697. The molecule has 0 aliphatic rings. The van der Waals surface area contributed by atoms with E-state index >= 15 is 0 Å². The van der Waals surface area contributed by atoms with E-state index in [0.717, 1.165) is 23.3 Å². The molecule has 1 heterocycles. The normalized spacial score (nSPS) is 11.2. The summed E-state index contributed by atoms with van der Waals surface area (Å²) in [6.45, 7) is 6.76. The van der Waals surface area contributed by atoms with Crippen molar-refractivity contribution in [3.8, 4) is 5.75 Å². The molecule has 1 N–H and O–H groups in total. The van der Waals surface area contributed by atoms with Gasteiger partial charge >= 0.3 is 5.97 Å². The standard InChI is InChI=1S/C17H16N2O3.C11H20/c1-11-3-8-15-14(9-11)18-16(19(15)2)10-22-13-6-4-12(5-7-13)17(20)21;1-3-5-7-9-11-10-8-6-4-2/h3-9H,10H2,1-2H3,(H,20,21);5,7,9,11H,3-4,6,8,10H2,1-2H3/b;7-5-,11-9-. The van der Waals surface area contributed by atoms with Crippen LogP contribution < -0.4 is 4.74 Å². The molecule has 176 valence electrons. The summed E-state index contributed by atoms with van der Waals surface area (Å²) in [6, 6.07) is 12.5. The Morgan fingerprint density at radius 3 is 2.45 bits per heavy atom. The molecule has 33 heavy (non-hydrogen) atoms. The molecule has 0 aliphatic carbocycles. The average Bonchev–Trinajstić information content (AvgIpc) is 3.12. The van der Waals surface area contributed by atoms with Gasteiger partial charge in [-0.15, -0.1) is 0 Å². The van der Waals surface area contributed by atoms with Crippen LogP contribution in [0.2, 0.25) is 0 Å². The number of unbranched alkanes of at least 4 members (excludes halogenated alkanes) is 3. The first-order valence-corrected chi connectivity index (χ1v) is 11.7. The van der Waals surface area contributed by atoms with Crippen LogP contribution in [0.25, 0.3) is 11.0 Å². The minimum absolute atomic E-state index is 0.241. The number of aryl methyl sites for hydroxylation is 2. The average molecular weight is 449 g/mol. The van der Waals surface area contributed by atoms with E-state index < -0.39 is 5.97 Å². The first-order valence-electron chi connectivity index (χ1n) is 11.7. The lowest BCUT2D eigenvalue weighted by Gasteiger charge is -2.06. The lowest BCUT2D eigenvalue weighted by Crippen LogP contribution is -2.03. The third kappa shape index (κ3) is 8.60. The second-order valence-corrected chi connectivity index (χ2v) is 7.96. The van der Waals surface area contributed by atoms with Crippen LogP contribution in [-0.2, 0) is 13.7 Å². The Morgan fingerprint density at radius 1 is 1.06 bits per heavy atom. The fraction of sp³-hybridized carbons (Fsp3) is 0.357. The lowest BCUT2D eigenvalue weighted by atomic mass is 10.2. The number of imidazole rings is 1. The summed E-state index contributed by atoms with van der Waals surface area (Å²) < 4.78 is 7.69. The molecular formula is C28H36N2O3. The number of ether oxygens (including phenoxy) is 1. The van der Waals surface area contributed by atoms with Crippen molar-refractivity contribution in [3.05, 3.63) is 83.7 Å². The smallest absolute Gasteiger partial charge is 0.335 e. The highest BCUT2D eigenvalue weighted by Gasteiger charge is 2.09. The van der Waals surface area contributed by atoms with E-state index in [-0.39, 0.29) is 5.56 Å². The quantitative estimate of drug-likeness (QED) is 0.262. The summed E-state index contributed by atoms with van der Waals surface area (Å²) in [6.07, 6.45) is 15.1. The number of carboxylic acids is 1. The van der Waals surface area contributed by atoms with Gasteiger partial charge in [0.25, 0.3) is 0 Å². The van der Waals surface area contributed by atoms with E-state index in [1.165, 1.54) is 43.4 Å². The van der Waals surface area contributed by atoms with Gasteiger partial charge < -0.3 is 14.4 Å². The molecule has 0 spiro atoms. The van der Waals surface area contributed by atoms with Crippen LogP contribution in [0.5, 0.6) is 5.75 Å². The Morgan fingerprint density at radius 2 is 1.79 bits per heavy atom. The van der Waals surface area contributed by atoms with E-state index in [4.69, 9.17) is 9.84 Å². The summed E-state index contributed by atoms with van der Waals surface area (Å²) in [4.78, 5) is 15.4. The highest BCUT2D eigenvalue weighted by Crippen LogP contribution is 2.19. The Labute approximate surface area is 197 Å². The fourth-order valence-electron chi connectivity index (χ4n) is 3.23. The van der Waals surface area contributed by atoms with Gasteiger partial charge in [-0.25, -0.2) is 9.78 Å². The predicted octanol–water partition coefficient (Wildman–Crippen LogP) is 7.25. The zero-order valence-electron chi connectivity index (χ0n) is 20.3. The van der Waals surface area contributed by atoms with Gasteiger partial charge in [-0.2, -0.15) is 0 Å². The number of carbonyl (C=O) groups is 1. The third-order valence-electron chi connectivity index (χ3n) is 5.19. The van der Waals surface area contributed by atoms with Gasteiger partial charge in [0, 0.05) is 7.05 Å². The first-order chi connectivity index (χ1) is 16.0. The number of aromatic carboxylic acids is 1. The Kier molecular flexibility index (Phi) is 10.9. The van der Waals surface area contributed by atoms with E-state index in [1.807, 2.05) is 30.7 Å². The molecular weight excluding hydrogens is 412 g/mol. The minimum atomic E-state index is -0.947. The largest absolute Gasteiger partial charge is 0.486 e. The van der Waals surface area contributed by atoms with Gasteiger partial charge in [-0.1, -0.05) is 57.1 Å². The third-order valence-corrected chi connectivity index (χ3v) is 5.19. The van der Waals surface area contributed by atoms with E-state index in [9.17, 15) is 4.79 Å². The van der Waals surface area contributed by atoms with Crippen LogP contribution in [0.4, 0.5) is 0 Å². The molecule has 0 unspecified atom stereocenters. The molecule has 0 bridgehead atoms. The molecule has 1 aromatic heterocycles. The zero-order chi connectivity index (χ0) is 24.1. The van der Waals surface area contributed by atoms with Crippen LogP contribution in [0.1, 0.15) is 67.7 Å². The molecule has 2 aromatic carbocycles. The number of rotatable bonds is 10. The summed E-state index contributed by atoms with van der Waals surface area (Å²) >= 11 is 0. The maximum Gasteiger partial charge on any atom is 0.335 e. The first kappa shape index (κ1) is 25.9. The van der Waals surface area contributed by atoms with Crippen molar-refractivity contribution in [1.82, 2.24) is 9.55 Å². The Balaban J connectivity index is 0.000000299. The molecule has 5 nitrogen and oxygen atoms in total. The molecule has 0 radical (unpaired) electrons. The predicted molar refractivity (Wildman–Crippen MR) is 136 cm³/mol. The van der Waals surface area contributed by atoms with Gasteiger partial charge in [0.15, 0.2) is 0 Å². The SMILES string of the molecule is CC/C=C\C=C/CCCCC.Cc1ccc2c(c1)nc(COc1ccc(C(=O)O)cc1)n2C. The zero-order valence-corrected chi connectivity index (χ0v) is 20.3. The van der Waals surface area contributed by atoms with E-state index in [0.29, 0.717) is 12.4 Å². The number of benzene rings is 2. The Hall–Kier alpha value is -3.34. The maximum absolute atomic E-state index is 10.8. The minimum Gasteiger partial charge on any atom is -0.486 e. The molecule has 0 atom stereocenters. The molecule has 0 saturated heterocycles. The van der Waals surface area contributed by atoms with Crippen LogP contribution in [-0.4, -0.2) is 20.6 Å². The summed E-state index contributed by atoms with van der Waals surface area (Å²) in [5.74, 6) is 0.494. The van der Waals surface area contributed by atoms with Gasteiger partial charge in [-0.05, 0) is 68.1 Å². The van der Waals surface area contributed by atoms with E-state index in [2.05, 4.69) is 49.2 Å². The monoisotopic (exact) mass is 448 g/mol. The molecule has 0 aliphatic heterocycles. The summed E-state index contributed by atoms with van der Waals surface area (Å²) in [5, 5.41) is 8.87. The van der Waals surface area contributed by atoms with Crippen molar-refractivity contribution in [1.29, 1.82) is 0 Å². The molecule has 5 heteroatoms. The van der Waals surface area contributed by atoms with Crippen molar-refractivity contribution in [3.63, 3.8) is 0 Å². The van der Waals surface area contributed by atoms with Crippen LogP contribution in [0.15, 0.2) is 66.8 Å². The number of hydrogen-bond acceptors (Lipinski definition) is 3. The van der Waals surface area contributed by atoms with Gasteiger partial charge in [0.1, 0.15) is 18.2 Å². The summed E-state index contributed by atoms with van der Waals surface area (Å²) in [7, 11) is 1.96. The van der Waals surface area contributed by atoms with Gasteiger partial charge in [-0.3, -0.25) is 0 Å². The van der Waals surface area contributed by atoms with Crippen molar-refractivity contribution in [2.75, 3.05) is 0 Å². The highest BCUT2D eigenvalue weighted by molar-refractivity contribution is 5.87. The summed E-state index contributed by atoms with van der Waals surface area (Å²) in [5.41, 5.74) is 3.42. The molecule has 3 aromatic rings. The number of carboxylic acid groups (broad SMARTS) is 1. The molecule has 3 rings (SSSR count). The van der Waals surface area contributed by atoms with Crippen LogP contribution in [0.3, 0.4) is 0 Å². The van der Waals surface area contributed by atoms with Crippen LogP contribution in [0, 0.1) is 6.92 Å². The number of hydrogen-bond donors (Lipinski definition) is 1. The maximum atomic E-state index is 10.8. The Bertz CT molecular complexity index is 1060.